The van der Waals surface area contributed by atoms with Crippen molar-refractivity contribution in [3.8, 4) is 0 Å². The molecule has 0 unspecified atom stereocenters. The molecule has 3 rings (SSSR count). The maximum absolute atomic E-state index is 6.59. The molecule has 1 saturated heterocycles. The second kappa shape index (κ2) is 9.52. The molecule has 146 valence electrons. The van der Waals surface area contributed by atoms with Crippen LogP contribution in [0.3, 0.4) is 0 Å². The molecule has 2 fully saturated rings. The number of halogens is 1. The lowest BCUT2D eigenvalue weighted by atomic mass is 9.72. The molecular formula is C21H35ClN4. The molecule has 26 heavy (non-hydrogen) atoms. The van der Waals surface area contributed by atoms with Crippen molar-refractivity contribution in [1.82, 2.24) is 20.4 Å². The normalized spacial score (nSPS) is 28.3. The van der Waals surface area contributed by atoms with Gasteiger partial charge in [-0.05, 0) is 58.1 Å². The third-order valence-electron chi connectivity index (χ3n) is 6.35. The monoisotopic (exact) mass is 378 g/mol. The first kappa shape index (κ1) is 20.1. The molecule has 2 aliphatic rings. The van der Waals surface area contributed by atoms with Crippen LogP contribution in [0.25, 0.3) is 0 Å². The Labute approximate surface area is 164 Å². The molecule has 0 radical (unpaired) electrons. The average molecular weight is 379 g/mol. The molecule has 0 amide bonds. The zero-order chi connectivity index (χ0) is 18.4. The number of piperazine rings is 1. The summed E-state index contributed by atoms with van der Waals surface area (Å²) in [7, 11) is 4.31. The fraction of sp³-hybridized carbons (Fsp3) is 0.714. The maximum atomic E-state index is 6.59. The van der Waals surface area contributed by atoms with E-state index in [1.54, 1.807) is 0 Å². The Balaban J connectivity index is 1.57. The maximum Gasteiger partial charge on any atom is 0.0602 e. The number of likely N-dealkylation sites (N-methyl/N-ethyl adjacent to an activating group) is 2. The number of benzene rings is 1. The standard InChI is InChI=1S/C21H35ClN4/c1-23-21(18-8-3-4-9-19(18)22)11-6-5-10-20(21)24-12-7-13-26-16-14-25(2)15-17-26/h3-4,8-9,20,23-24H,5-7,10-17H2,1-2H3/t20-,21+/m1/s1. The van der Waals surface area contributed by atoms with Gasteiger partial charge in [-0.1, -0.05) is 42.6 Å². The van der Waals surface area contributed by atoms with E-state index in [-0.39, 0.29) is 5.54 Å². The van der Waals surface area contributed by atoms with Gasteiger partial charge < -0.3 is 20.4 Å². The van der Waals surface area contributed by atoms with Gasteiger partial charge in [0.05, 0.1) is 5.54 Å². The first-order valence-corrected chi connectivity index (χ1v) is 10.6. The Morgan fingerprint density at radius 2 is 1.92 bits per heavy atom. The van der Waals surface area contributed by atoms with Crippen LogP contribution in [0.1, 0.15) is 37.7 Å². The number of nitrogens with zero attached hydrogens (tertiary/aromatic N) is 2. The molecule has 2 atom stereocenters. The molecule has 1 aliphatic heterocycles. The van der Waals surface area contributed by atoms with Crippen molar-refractivity contribution in [3.05, 3.63) is 34.9 Å². The molecule has 0 bridgehead atoms. The van der Waals surface area contributed by atoms with Crippen LogP contribution in [0.4, 0.5) is 0 Å². The molecule has 4 nitrogen and oxygen atoms in total. The van der Waals surface area contributed by atoms with Crippen LogP contribution in [-0.2, 0) is 5.54 Å². The highest BCUT2D eigenvalue weighted by Crippen LogP contribution is 2.40. The Hall–Kier alpha value is -0.650. The topological polar surface area (TPSA) is 30.5 Å². The van der Waals surface area contributed by atoms with Gasteiger partial charge in [0.25, 0.3) is 0 Å². The second-order valence-electron chi connectivity index (χ2n) is 7.95. The zero-order valence-electron chi connectivity index (χ0n) is 16.4. The van der Waals surface area contributed by atoms with E-state index in [4.69, 9.17) is 11.6 Å². The summed E-state index contributed by atoms with van der Waals surface area (Å²) >= 11 is 6.59. The lowest BCUT2D eigenvalue weighted by Crippen LogP contribution is -2.58. The molecule has 1 heterocycles. The minimum atomic E-state index is -0.0512. The van der Waals surface area contributed by atoms with Crippen molar-refractivity contribution in [2.75, 3.05) is 53.4 Å². The van der Waals surface area contributed by atoms with E-state index in [1.165, 1.54) is 64.0 Å². The van der Waals surface area contributed by atoms with Crippen LogP contribution >= 0.6 is 11.6 Å². The summed E-state index contributed by atoms with van der Waals surface area (Å²) in [4.78, 5) is 5.02. The van der Waals surface area contributed by atoms with Crippen LogP contribution in [0, 0.1) is 0 Å². The van der Waals surface area contributed by atoms with Crippen LogP contribution < -0.4 is 10.6 Å². The van der Waals surface area contributed by atoms with Crippen molar-refractivity contribution in [2.45, 2.75) is 43.7 Å². The second-order valence-corrected chi connectivity index (χ2v) is 8.36. The highest BCUT2D eigenvalue weighted by Gasteiger charge is 2.41. The van der Waals surface area contributed by atoms with Crippen LogP contribution in [-0.4, -0.2) is 69.2 Å². The van der Waals surface area contributed by atoms with Gasteiger partial charge in [0, 0.05) is 37.2 Å². The van der Waals surface area contributed by atoms with E-state index < -0.39 is 0 Å². The van der Waals surface area contributed by atoms with E-state index in [1.807, 2.05) is 12.1 Å². The van der Waals surface area contributed by atoms with Crippen molar-refractivity contribution >= 4 is 11.6 Å². The SMILES string of the molecule is CN[C@]1(c2ccccc2Cl)CCCC[C@H]1NCCCN1CCN(C)CC1. The van der Waals surface area contributed by atoms with E-state index in [0.29, 0.717) is 6.04 Å². The summed E-state index contributed by atoms with van der Waals surface area (Å²) < 4.78 is 0. The molecule has 1 saturated carbocycles. The highest BCUT2D eigenvalue weighted by atomic mass is 35.5. The third-order valence-corrected chi connectivity index (χ3v) is 6.68. The van der Waals surface area contributed by atoms with Crippen LogP contribution in [0.5, 0.6) is 0 Å². The van der Waals surface area contributed by atoms with Crippen LogP contribution in [0.15, 0.2) is 24.3 Å². The Morgan fingerprint density at radius 1 is 1.15 bits per heavy atom. The van der Waals surface area contributed by atoms with Crippen molar-refractivity contribution in [2.24, 2.45) is 0 Å². The molecule has 1 aliphatic carbocycles. The lowest BCUT2D eigenvalue weighted by molar-refractivity contribution is 0.147. The number of hydrogen-bond acceptors (Lipinski definition) is 4. The zero-order valence-corrected chi connectivity index (χ0v) is 17.2. The summed E-state index contributed by atoms with van der Waals surface area (Å²) in [6, 6.07) is 8.79. The van der Waals surface area contributed by atoms with E-state index >= 15 is 0 Å². The summed E-state index contributed by atoms with van der Waals surface area (Å²) in [5.41, 5.74) is 1.20. The predicted octanol–water partition coefficient (Wildman–Crippen LogP) is 2.92. The first-order valence-electron chi connectivity index (χ1n) is 10.2. The average Bonchev–Trinajstić information content (AvgIpc) is 2.67. The van der Waals surface area contributed by atoms with Gasteiger partial charge in [0.15, 0.2) is 0 Å². The molecule has 1 aromatic carbocycles. The lowest BCUT2D eigenvalue weighted by Gasteiger charge is -2.45. The Bertz CT molecular complexity index is 559. The molecule has 5 heteroatoms. The molecule has 0 spiro atoms. The molecule has 2 N–H and O–H groups in total. The highest BCUT2D eigenvalue weighted by molar-refractivity contribution is 6.31. The van der Waals surface area contributed by atoms with Gasteiger partial charge >= 0.3 is 0 Å². The summed E-state index contributed by atoms with van der Waals surface area (Å²) in [5, 5.41) is 8.42. The largest absolute Gasteiger partial charge is 0.312 e. The fourth-order valence-electron chi connectivity index (χ4n) is 4.68. The quantitative estimate of drug-likeness (QED) is 0.714. The predicted molar refractivity (Wildman–Crippen MR) is 111 cm³/mol. The Kier molecular flexibility index (Phi) is 7.35. The number of hydrogen-bond donors (Lipinski definition) is 2. The van der Waals surface area contributed by atoms with Gasteiger partial charge in [-0.2, -0.15) is 0 Å². The number of rotatable bonds is 7. The van der Waals surface area contributed by atoms with Gasteiger partial charge in [0.1, 0.15) is 0 Å². The van der Waals surface area contributed by atoms with E-state index in [2.05, 4.69) is 46.7 Å². The summed E-state index contributed by atoms with van der Waals surface area (Å²) in [6.07, 6.45) is 6.11. The van der Waals surface area contributed by atoms with E-state index in [0.717, 1.165) is 18.0 Å². The molecular weight excluding hydrogens is 344 g/mol. The summed E-state index contributed by atoms with van der Waals surface area (Å²) in [6.45, 7) is 7.09. The van der Waals surface area contributed by atoms with Gasteiger partial charge in [-0.3, -0.25) is 0 Å². The van der Waals surface area contributed by atoms with Crippen molar-refractivity contribution < 1.29 is 0 Å². The number of nitrogens with one attached hydrogen (secondary N) is 2. The van der Waals surface area contributed by atoms with Gasteiger partial charge in [-0.15, -0.1) is 0 Å². The van der Waals surface area contributed by atoms with Crippen LogP contribution in [0.2, 0.25) is 5.02 Å². The summed E-state index contributed by atoms with van der Waals surface area (Å²) in [5.74, 6) is 0. The third kappa shape index (κ3) is 4.60. The van der Waals surface area contributed by atoms with Crippen molar-refractivity contribution in [3.63, 3.8) is 0 Å². The smallest absolute Gasteiger partial charge is 0.0602 e. The minimum Gasteiger partial charge on any atom is -0.312 e. The van der Waals surface area contributed by atoms with Gasteiger partial charge in [0.2, 0.25) is 0 Å². The minimum absolute atomic E-state index is 0.0512. The molecule has 0 aromatic heterocycles. The fourth-order valence-corrected chi connectivity index (χ4v) is 4.98. The Morgan fingerprint density at radius 3 is 2.65 bits per heavy atom. The first-order chi connectivity index (χ1) is 12.7. The molecule has 1 aromatic rings. The van der Waals surface area contributed by atoms with Crippen molar-refractivity contribution in [1.29, 1.82) is 0 Å². The van der Waals surface area contributed by atoms with E-state index in [9.17, 15) is 0 Å². The van der Waals surface area contributed by atoms with Gasteiger partial charge in [-0.25, -0.2) is 0 Å².